The van der Waals surface area contributed by atoms with E-state index in [2.05, 4.69) is 6.07 Å². The molecule has 0 spiro atoms. The largest absolute Gasteiger partial charge is 0.495 e. The molecule has 4 nitrogen and oxygen atoms in total. The Bertz CT molecular complexity index is 1200. The van der Waals surface area contributed by atoms with Crippen molar-refractivity contribution in [3.8, 4) is 34.1 Å². The van der Waals surface area contributed by atoms with Crippen LogP contribution < -0.4 is 15.5 Å². The van der Waals surface area contributed by atoms with Crippen molar-refractivity contribution in [1.29, 1.82) is 5.26 Å². The van der Waals surface area contributed by atoms with Crippen molar-refractivity contribution < 1.29 is 4.74 Å². The van der Waals surface area contributed by atoms with Gasteiger partial charge in [0.25, 0.3) is 0 Å². The van der Waals surface area contributed by atoms with Crippen LogP contribution in [0, 0.1) is 11.3 Å². The molecular formula is C20H11N3O. The molecule has 0 amide bonds. The van der Waals surface area contributed by atoms with Gasteiger partial charge in [0, 0.05) is 16.7 Å². The Balaban J connectivity index is 2.04. The van der Waals surface area contributed by atoms with E-state index >= 15 is 0 Å². The molecule has 2 aliphatic heterocycles. The lowest BCUT2D eigenvalue weighted by Gasteiger charge is -2.11. The zero-order valence-corrected chi connectivity index (χ0v) is 12.9. The second-order valence-corrected chi connectivity index (χ2v) is 5.73. The van der Waals surface area contributed by atoms with Crippen molar-refractivity contribution in [3.63, 3.8) is 0 Å². The highest BCUT2D eigenvalue weighted by Crippen LogP contribution is 2.43. The molecule has 112 valence electrons. The highest BCUT2D eigenvalue weighted by atomic mass is 16.5. The first-order chi connectivity index (χ1) is 11.8. The van der Waals surface area contributed by atoms with Gasteiger partial charge in [0.1, 0.15) is 22.7 Å². The molecule has 0 saturated heterocycles. The van der Waals surface area contributed by atoms with Gasteiger partial charge in [-0.05, 0) is 12.1 Å². The van der Waals surface area contributed by atoms with Gasteiger partial charge in [-0.25, -0.2) is 9.98 Å². The average molecular weight is 309 g/mol. The molecule has 4 heteroatoms. The van der Waals surface area contributed by atoms with Gasteiger partial charge in [0.05, 0.1) is 29.4 Å². The summed E-state index contributed by atoms with van der Waals surface area (Å²) < 4.78 is 5.65. The third kappa shape index (κ3) is 1.46. The molecule has 0 aromatic heterocycles. The molecule has 24 heavy (non-hydrogen) atoms. The second-order valence-electron chi connectivity index (χ2n) is 5.73. The SMILES string of the molecule is COc1c(C#N)c2c(c3c1-c1ccccc1N=3)=Nc1ccccc1-2. The normalized spacial score (nSPS) is 12.2. The minimum Gasteiger partial charge on any atom is -0.495 e. The zero-order valence-electron chi connectivity index (χ0n) is 12.9. The van der Waals surface area contributed by atoms with Crippen molar-refractivity contribution in [1.82, 2.24) is 0 Å². The molecule has 0 saturated carbocycles. The monoisotopic (exact) mass is 309 g/mol. The van der Waals surface area contributed by atoms with Gasteiger partial charge in [-0.15, -0.1) is 0 Å². The average Bonchev–Trinajstić information content (AvgIpc) is 3.19. The van der Waals surface area contributed by atoms with E-state index in [0.717, 1.165) is 44.3 Å². The van der Waals surface area contributed by atoms with Gasteiger partial charge in [-0.3, -0.25) is 0 Å². The Morgan fingerprint density at radius 3 is 1.96 bits per heavy atom. The smallest absolute Gasteiger partial charge is 0.147 e. The van der Waals surface area contributed by atoms with Crippen LogP contribution in [-0.4, -0.2) is 7.11 Å². The minimum atomic E-state index is 0.520. The first kappa shape index (κ1) is 13.0. The summed E-state index contributed by atoms with van der Waals surface area (Å²) in [5.41, 5.74) is 5.89. The van der Waals surface area contributed by atoms with E-state index in [1.165, 1.54) is 0 Å². The minimum absolute atomic E-state index is 0.520. The quantitative estimate of drug-likeness (QED) is 0.476. The molecule has 2 aliphatic rings. The highest BCUT2D eigenvalue weighted by molar-refractivity contribution is 5.92. The predicted octanol–water partition coefficient (Wildman–Crippen LogP) is 3.43. The van der Waals surface area contributed by atoms with Crippen LogP contribution >= 0.6 is 0 Å². The van der Waals surface area contributed by atoms with Crippen LogP contribution in [0.2, 0.25) is 0 Å². The number of nitriles is 1. The second kappa shape index (κ2) is 4.53. The summed E-state index contributed by atoms with van der Waals surface area (Å²) in [4.78, 5) is 9.52. The highest BCUT2D eigenvalue weighted by Gasteiger charge is 2.29. The van der Waals surface area contributed by atoms with Crippen molar-refractivity contribution in [2.24, 2.45) is 9.98 Å². The summed E-state index contributed by atoms with van der Waals surface area (Å²) in [6, 6.07) is 18.1. The van der Waals surface area contributed by atoms with Gasteiger partial charge in [0.15, 0.2) is 0 Å². The summed E-state index contributed by atoms with van der Waals surface area (Å²) in [7, 11) is 1.60. The van der Waals surface area contributed by atoms with Gasteiger partial charge in [-0.1, -0.05) is 36.4 Å². The van der Waals surface area contributed by atoms with E-state index in [1.54, 1.807) is 7.11 Å². The summed E-state index contributed by atoms with van der Waals surface area (Å²) in [5, 5.41) is 11.4. The van der Waals surface area contributed by atoms with Crippen LogP contribution in [0.15, 0.2) is 58.5 Å². The molecule has 0 fully saturated rings. The number of hydrogen-bond donors (Lipinski definition) is 0. The maximum atomic E-state index is 9.82. The van der Waals surface area contributed by atoms with Crippen LogP contribution in [0.1, 0.15) is 5.56 Å². The van der Waals surface area contributed by atoms with E-state index in [1.807, 2.05) is 48.5 Å². The van der Waals surface area contributed by atoms with Gasteiger partial charge < -0.3 is 4.74 Å². The molecule has 0 aliphatic carbocycles. The lowest BCUT2D eigenvalue weighted by atomic mass is 9.94. The van der Waals surface area contributed by atoms with E-state index < -0.39 is 0 Å². The van der Waals surface area contributed by atoms with E-state index in [9.17, 15) is 5.26 Å². The fraction of sp³-hybridized carbons (Fsp3) is 0.0500. The number of benzene rings is 3. The number of methoxy groups -OCH3 is 1. The van der Waals surface area contributed by atoms with Crippen molar-refractivity contribution in [3.05, 3.63) is 64.8 Å². The molecular weight excluding hydrogens is 298 g/mol. The predicted molar refractivity (Wildman–Crippen MR) is 90.2 cm³/mol. The van der Waals surface area contributed by atoms with E-state index in [4.69, 9.17) is 14.7 Å². The lowest BCUT2D eigenvalue weighted by molar-refractivity contribution is 0.415. The number of hydrogen-bond acceptors (Lipinski definition) is 4. The van der Waals surface area contributed by atoms with E-state index in [0.29, 0.717) is 11.3 Å². The fourth-order valence-electron chi connectivity index (χ4n) is 3.55. The summed E-state index contributed by atoms with van der Waals surface area (Å²) >= 11 is 0. The van der Waals surface area contributed by atoms with Crippen molar-refractivity contribution in [2.45, 2.75) is 0 Å². The molecule has 5 rings (SSSR count). The Hall–Kier alpha value is -3.45. The number of ether oxygens (including phenoxy) is 1. The summed E-state index contributed by atoms with van der Waals surface area (Å²) in [5.74, 6) is 0.576. The molecule has 0 unspecified atom stereocenters. The Morgan fingerprint density at radius 1 is 0.833 bits per heavy atom. The Labute approximate surface area is 138 Å². The molecule has 2 heterocycles. The molecule has 0 radical (unpaired) electrons. The summed E-state index contributed by atoms with van der Waals surface area (Å²) in [6.45, 7) is 0. The first-order valence-corrected chi connectivity index (χ1v) is 7.64. The number of fused-ring (bicyclic) bond motifs is 7. The summed E-state index contributed by atoms with van der Waals surface area (Å²) in [6.07, 6.45) is 0. The lowest BCUT2D eigenvalue weighted by Crippen LogP contribution is -2.27. The number of nitrogens with zero attached hydrogens (tertiary/aromatic N) is 3. The van der Waals surface area contributed by atoms with Crippen LogP contribution in [0.25, 0.3) is 22.3 Å². The van der Waals surface area contributed by atoms with Gasteiger partial charge in [-0.2, -0.15) is 5.26 Å². The maximum absolute atomic E-state index is 9.82. The number of para-hydroxylation sites is 2. The zero-order chi connectivity index (χ0) is 16.3. The third-order valence-corrected chi connectivity index (χ3v) is 4.53. The van der Waals surface area contributed by atoms with Crippen LogP contribution in [-0.2, 0) is 0 Å². The standard InChI is InChI=1S/C20H11N3O/c1-24-20-13(10-21)16-11-6-2-4-8-14(11)22-18(16)19-17(20)12-7-3-5-9-15(12)23-19/h2-9H,1H3. The molecule has 3 aromatic rings. The fourth-order valence-corrected chi connectivity index (χ4v) is 3.55. The van der Waals surface area contributed by atoms with Crippen LogP contribution in [0.3, 0.4) is 0 Å². The van der Waals surface area contributed by atoms with Crippen molar-refractivity contribution >= 4 is 11.4 Å². The third-order valence-electron chi connectivity index (χ3n) is 4.53. The van der Waals surface area contributed by atoms with Crippen LogP contribution in [0.5, 0.6) is 5.75 Å². The van der Waals surface area contributed by atoms with E-state index in [-0.39, 0.29) is 0 Å². The molecule has 0 bridgehead atoms. The number of rotatable bonds is 1. The Kier molecular flexibility index (Phi) is 2.46. The van der Waals surface area contributed by atoms with Crippen LogP contribution in [0.4, 0.5) is 11.4 Å². The molecule has 0 N–H and O–H groups in total. The molecule has 3 aromatic carbocycles. The maximum Gasteiger partial charge on any atom is 0.147 e. The molecule has 0 atom stereocenters. The van der Waals surface area contributed by atoms with Gasteiger partial charge in [0.2, 0.25) is 0 Å². The van der Waals surface area contributed by atoms with Crippen molar-refractivity contribution in [2.75, 3.05) is 7.11 Å². The Morgan fingerprint density at radius 2 is 1.38 bits per heavy atom. The topological polar surface area (TPSA) is 57.7 Å². The van der Waals surface area contributed by atoms with Gasteiger partial charge >= 0.3 is 0 Å². The first-order valence-electron chi connectivity index (χ1n) is 7.64.